The SMILES string of the molecule is O=c1c(Cl)c(NC[C@@H]2COC[C@@H]3C[C@H]23)cnn1[C@H]1CC[C@H](N(C[C@@H]2COCCO2)c2ccc(OC(F)(F)F)nc2)CC1. The molecule has 2 aromatic rings. The van der Waals surface area contributed by atoms with Crippen molar-refractivity contribution in [2.75, 3.05) is 56.3 Å². The van der Waals surface area contributed by atoms with Crippen molar-refractivity contribution in [3.8, 4) is 5.88 Å². The van der Waals surface area contributed by atoms with E-state index in [1.165, 1.54) is 23.4 Å². The molecule has 0 radical (unpaired) electrons. The Morgan fingerprint density at radius 1 is 1.10 bits per heavy atom. The number of ether oxygens (including phenoxy) is 4. The number of alkyl halides is 3. The second-order valence-corrected chi connectivity index (χ2v) is 11.9. The van der Waals surface area contributed by atoms with Gasteiger partial charge in [-0.25, -0.2) is 9.67 Å². The van der Waals surface area contributed by atoms with Crippen molar-refractivity contribution in [1.29, 1.82) is 0 Å². The molecule has 4 atom stereocenters. The molecule has 10 nitrogen and oxygen atoms in total. The largest absolute Gasteiger partial charge is 0.574 e. The van der Waals surface area contributed by atoms with Crippen LogP contribution in [0.5, 0.6) is 5.88 Å². The Balaban J connectivity index is 1.10. The maximum atomic E-state index is 13.2. The highest BCUT2D eigenvalue weighted by molar-refractivity contribution is 6.32. The van der Waals surface area contributed by atoms with Crippen molar-refractivity contribution in [3.05, 3.63) is 39.9 Å². The van der Waals surface area contributed by atoms with E-state index in [1.54, 1.807) is 12.3 Å². The zero-order chi connectivity index (χ0) is 29.3. The number of rotatable bonds is 9. The van der Waals surface area contributed by atoms with E-state index in [9.17, 15) is 18.0 Å². The van der Waals surface area contributed by atoms with Crippen LogP contribution in [0.25, 0.3) is 0 Å². The van der Waals surface area contributed by atoms with E-state index >= 15 is 0 Å². The fourth-order valence-corrected chi connectivity index (χ4v) is 6.68. The lowest BCUT2D eigenvalue weighted by atomic mass is 9.89. The molecule has 230 valence electrons. The third-order valence-corrected chi connectivity index (χ3v) is 9.12. The first-order valence-corrected chi connectivity index (χ1v) is 14.9. The maximum absolute atomic E-state index is 13.2. The summed E-state index contributed by atoms with van der Waals surface area (Å²) in [5.41, 5.74) is 0.890. The lowest BCUT2D eigenvalue weighted by Crippen LogP contribution is -2.46. The van der Waals surface area contributed by atoms with Crippen molar-refractivity contribution >= 4 is 23.0 Å². The number of hydrogen-bond acceptors (Lipinski definition) is 9. The third-order valence-electron chi connectivity index (χ3n) is 8.76. The molecule has 0 amide bonds. The van der Waals surface area contributed by atoms with Gasteiger partial charge in [0.15, 0.2) is 0 Å². The molecule has 2 aromatic heterocycles. The molecule has 2 saturated heterocycles. The Bertz CT molecular complexity index is 1270. The number of aromatic nitrogens is 3. The molecule has 4 fully saturated rings. The molecule has 4 aliphatic rings. The third kappa shape index (κ3) is 6.95. The van der Waals surface area contributed by atoms with Gasteiger partial charge in [0.1, 0.15) is 5.02 Å². The van der Waals surface area contributed by atoms with Gasteiger partial charge in [-0.05, 0) is 50.0 Å². The van der Waals surface area contributed by atoms with E-state index in [-0.39, 0.29) is 28.8 Å². The average molecular weight is 614 g/mol. The number of nitrogens with one attached hydrogen (secondary N) is 1. The van der Waals surface area contributed by atoms with E-state index < -0.39 is 12.2 Å². The minimum atomic E-state index is -4.81. The number of hydrogen-bond donors (Lipinski definition) is 1. The van der Waals surface area contributed by atoms with E-state index in [0.717, 1.165) is 26.1 Å². The summed E-state index contributed by atoms with van der Waals surface area (Å²) in [6.07, 6.45) is 2.06. The first-order chi connectivity index (χ1) is 20.2. The van der Waals surface area contributed by atoms with Crippen LogP contribution in [-0.2, 0) is 14.2 Å². The summed E-state index contributed by atoms with van der Waals surface area (Å²) < 4.78 is 60.4. The normalized spacial score (nSPS) is 29.4. The smallest absolute Gasteiger partial charge is 0.388 e. The second-order valence-electron chi connectivity index (χ2n) is 11.5. The van der Waals surface area contributed by atoms with Gasteiger partial charge in [-0.15, -0.1) is 13.2 Å². The summed E-state index contributed by atoms with van der Waals surface area (Å²) in [4.78, 5) is 19.2. The van der Waals surface area contributed by atoms with E-state index in [1.807, 2.05) is 0 Å². The summed E-state index contributed by atoms with van der Waals surface area (Å²) in [5.74, 6) is 1.25. The lowest BCUT2D eigenvalue weighted by molar-refractivity contribution is -0.276. The molecule has 0 aromatic carbocycles. The van der Waals surface area contributed by atoms with Crippen molar-refractivity contribution in [3.63, 3.8) is 0 Å². The minimum absolute atomic E-state index is 0.0547. The molecule has 2 saturated carbocycles. The Hall–Kier alpha value is -2.61. The van der Waals surface area contributed by atoms with Gasteiger partial charge in [0, 0.05) is 37.7 Å². The second kappa shape index (κ2) is 12.6. The molecule has 14 heteroatoms. The summed E-state index contributed by atoms with van der Waals surface area (Å²) >= 11 is 6.51. The first-order valence-electron chi connectivity index (χ1n) is 14.5. The van der Waals surface area contributed by atoms with Gasteiger partial charge in [0.05, 0.1) is 62.3 Å². The Morgan fingerprint density at radius 3 is 2.64 bits per heavy atom. The quantitative estimate of drug-likeness (QED) is 0.444. The van der Waals surface area contributed by atoms with Gasteiger partial charge < -0.3 is 29.2 Å². The van der Waals surface area contributed by atoms with Crippen LogP contribution in [0.15, 0.2) is 29.3 Å². The van der Waals surface area contributed by atoms with Crippen molar-refractivity contribution in [2.24, 2.45) is 17.8 Å². The van der Waals surface area contributed by atoms with Crippen LogP contribution < -0.4 is 20.5 Å². The lowest BCUT2D eigenvalue weighted by Gasteiger charge is -2.40. The first kappa shape index (κ1) is 29.5. The number of fused-ring (bicyclic) bond motifs is 1. The molecule has 0 spiro atoms. The van der Waals surface area contributed by atoms with Crippen LogP contribution in [-0.4, -0.2) is 79.4 Å². The number of nitrogens with zero attached hydrogens (tertiary/aromatic N) is 4. The molecule has 1 N–H and O–H groups in total. The van der Waals surface area contributed by atoms with Crippen LogP contribution in [0.3, 0.4) is 0 Å². The molecule has 6 rings (SSSR count). The van der Waals surface area contributed by atoms with Crippen molar-refractivity contribution < 1.29 is 32.1 Å². The number of halogens is 4. The summed E-state index contributed by atoms with van der Waals surface area (Å²) in [6.45, 7) is 4.20. The summed E-state index contributed by atoms with van der Waals surface area (Å²) in [5, 5.41) is 7.93. The van der Waals surface area contributed by atoms with Crippen LogP contribution in [0.2, 0.25) is 5.02 Å². The van der Waals surface area contributed by atoms with Gasteiger partial charge in [0.25, 0.3) is 5.56 Å². The number of anilines is 2. The zero-order valence-electron chi connectivity index (χ0n) is 23.1. The van der Waals surface area contributed by atoms with Crippen LogP contribution in [0.4, 0.5) is 24.5 Å². The molecular formula is C28H35ClF3N5O5. The van der Waals surface area contributed by atoms with Gasteiger partial charge in [-0.2, -0.15) is 5.10 Å². The molecule has 2 aliphatic heterocycles. The zero-order valence-corrected chi connectivity index (χ0v) is 23.9. The molecule has 0 bridgehead atoms. The summed E-state index contributed by atoms with van der Waals surface area (Å²) in [6, 6.07) is 2.73. The van der Waals surface area contributed by atoms with E-state index in [0.29, 0.717) is 74.9 Å². The standard InChI is InChI=1S/C28H35ClF3N5O5/c29-26-24(33-10-18-15-40-14-17-9-23(17)18)12-35-37(27(26)38)20-3-1-19(2-4-20)36(13-22-16-39-7-8-41-22)21-5-6-25(34-11-21)42-28(30,31)32/h5-6,11-12,17-20,22-23,33H,1-4,7-10,13-16H2/t17-,18+,19-,20-,22+,23-/m0/s1. The van der Waals surface area contributed by atoms with Gasteiger partial charge in [0.2, 0.25) is 5.88 Å². The van der Waals surface area contributed by atoms with Crippen LogP contribution in [0, 0.1) is 17.8 Å². The maximum Gasteiger partial charge on any atom is 0.574 e. The topological polar surface area (TPSA) is 100.0 Å². The molecule has 0 unspecified atom stereocenters. The average Bonchev–Trinajstić information content (AvgIpc) is 3.78. The van der Waals surface area contributed by atoms with E-state index in [2.05, 4.69) is 25.0 Å². The highest BCUT2D eigenvalue weighted by Crippen LogP contribution is 2.47. The van der Waals surface area contributed by atoms with Gasteiger partial charge in [-0.3, -0.25) is 4.79 Å². The molecule has 42 heavy (non-hydrogen) atoms. The molecule has 2 aliphatic carbocycles. The van der Waals surface area contributed by atoms with Crippen LogP contribution in [0.1, 0.15) is 38.1 Å². The highest BCUT2D eigenvalue weighted by Gasteiger charge is 2.45. The van der Waals surface area contributed by atoms with Crippen molar-refractivity contribution in [1.82, 2.24) is 14.8 Å². The summed E-state index contributed by atoms with van der Waals surface area (Å²) in [7, 11) is 0. The Labute approximate surface area is 246 Å². The van der Waals surface area contributed by atoms with Crippen molar-refractivity contribution in [2.45, 2.75) is 56.7 Å². The molecular weight excluding hydrogens is 579 g/mol. The minimum Gasteiger partial charge on any atom is -0.388 e. The van der Waals surface area contributed by atoms with Gasteiger partial charge >= 0.3 is 6.36 Å². The van der Waals surface area contributed by atoms with Crippen LogP contribution >= 0.6 is 11.6 Å². The predicted octanol–water partition coefficient (Wildman–Crippen LogP) is 4.29. The Morgan fingerprint density at radius 2 is 1.93 bits per heavy atom. The van der Waals surface area contributed by atoms with Gasteiger partial charge in [-0.1, -0.05) is 11.6 Å². The predicted molar refractivity (Wildman–Crippen MR) is 148 cm³/mol. The molecule has 4 heterocycles. The number of pyridine rings is 1. The highest BCUT2D eigenvalue weighted by atomic mass is 35.5. The van der Waals surface area contributed by atoms with E-state index in [4.69, 9.17) is 25.8 Å². The fraction of sp³-hybridized carbons (Fsp3) is 0.679. The Kier molecular flexibility index (Phi) is 8.80. The fourth-order valence-electron chi connectivity index (χ4n) is 6.48. The monoisotopic (exact) mass is 613 g/mol.